The van der Waals surface area contributed by atoms with Gasteiger partial charge in [-0.3, -0.25) is 0 Å². The van der Waals surface area contributed by atoms with E-state index in [1.165, 1.54) is 18.2 Å². The molecule has 12 nitrogen and oxygen atoms in total. The molecule has 3 aromatic heterocycles. The molecule has 0 saturated carbocycles. The molecular formula is C51H62O12. The molecule has 0 radical (unpaired) electrons. The van der Waals surface area contributed by atoms with Crippen LogP contribution in [0, 0.1) is 0 Å². The molecule has 0 bridgehead atoms. The van der Waals surface area contributed by atoms with Gasteiger partial charge < -0.3 is 41.7 Å². The van der Waals surface area contributed by atoms with E-state index < -0.39 is 0 Å². The lowest BCUT2D eigenvalue weighted by molar-refractivity contribution is -0.0616. The van der Waals surface area contributed by atoms with E-state index in [2.05, 4.69) is 0 Å². The lowest BCUT2D eigenvalue weighted by atomic mass is 10.1. The van der Waals surface area contributed by atoms with Crippen LogP contribution >= 0.6 is 0 Å². The van der Waals surface area contributed by atoms with Gasteiger partial charge in [-0.1, -0.05) is 57.8 Å². The van der Waals surface area contributed by atoms with Crippen molar-refractivity contribution in [1.29, 1.82) is 0 Å². The van der Waals surface area contributed by atoms with Crippen molar-refractivity contribution in [2.24, 2.45) is 0 Å². The Hall–Kier alpha value is -5.43. The summed E-state index contributed by atoms with van der Waals surface area (Å²) >= 11 is 0. The second kappa shape index (κ2) is 26.9. The van der Waals surface area contributed by atoms with Gasteiger partial charge in [0.15, 0.2) is 0 Å². The van der Waals surface area contributed by atoms with Crippen LogP contribution in [-0.4, -0.2) is 59.0 Å². The third kappa shape index (κ3) is 17.3. The first-order chi connectivity index (χ1) is 31.0. The molecule has 0 amide bonds. The monoisotopic (exact) mass is 866 g/mol. The zero-order valence-corrected chi connectivity index (χ0v) is 36.4. The van der Waals surface area contributed by atoms with Crippen LogP contribution in [0.5, 0.6) is 17.2 Å². The summed E-state index contributed by atoms with van der Waals surface area (Å²) in [5.74, 6) is 2.12. The van der Waals surface area contributed by atoms with E-state index in [1.54, 1.807) is 36.4 Å². The molecule has 0 fully saturated rings. The molecule has 63 heavy (non-hydrogen) atoms. The normalized spacial score (nSPS) is 11.6. The molecule has 12 heteroatoms. The molecule has 0 unspecified atom stereocenters. The van der Waals surface area contributed by atoms with E-state index in [9.17, 15) is 14.4 Å². The maximum atomic E-state index is 11.5. The van der Waals surface area contributed by atoms with Crippen molar-refractivity contribution in [3.8, 4) is 17.2 Å². The van der Waals surface area contributed by atoms with Crippen LogP contribution in [0.25, 0.3) is 32.9 Å². The summed E-state index contributed by atoms with van der Waals surface area (Å²) < 4.78 is 51.9. The van der Waals surface area contributed by atoms with Crippen LogP contribution in [-0.2, 0) is 14.2 Å². The van der Waals surface area contributed by atoms with Crippen molar-refractivity contribution in [1.82, 2.24) is 0 Å². The Morgan fingerprint density at radius 3 is 1.02 bits per heavy atom. The fourth-order valence-electron chi connectivity index (χ4n) is 7.19. The molecule has 338 valence electrons. The Morgan fingerprint density at radius 2 is 0.651 bits per heavy atom. The first-order valence-corrected chi connectivity index (χ1v) is 22.8. The molecule has 3 heterocycles. The molecule has 3 aromatic carbocycles. The summed E-state index contributed by atoms with van der Waals surface area (Å²) in [6, 6.07) is 26.2. The van der Waals surface area contributed by atoms with Crippen LogP contribution in [0.2, 0.25) is 0 Å². The van der Waals surface area contributed by atoms with Crippen LogP contribution < -0.4 is 31.1 Å². The Kier molecular flexibility index (Phi) is 20.1. The summed E-state index contributed by atoms with van der Waals surface area (Å²) in [4.78, 5) is 34.6. The minimum atomic E-state index is -0.366. The SMILES string of the molecule is O=c1ccc2ccc(OCCCCCCCOCC(COCCCCCCCOc3ccc4ccc(=O)oc4c3)OCCCCCCCOc3ccc4ccc(=O)oc4c3)cc2o1. The van der Waals surface area contributed by atoms with Gasteiger partial charge in [-0.05, 0) is 93.1 Å². The molecule has 0 aliphatic rings. The molecule has 0 aliphatic carbocycles. The molecule has 0 spiro atoms. The van der Waals surface area contributed by atoms with Crippen LogP contribution in [0.15, 0.2) is 119 Å². The minimum absolute atomic E-state index is 0.106. The van der Waals surface area contributed by atoms with Crippen LogP contribution in [0.4, 0.5) is 0 Å². The van der Waals surface area contributed by atoms with Gasteiger partial charge in [0, 0.05) is 72.4 Å². The van der Waals surface area contributed by atoms with Crippen molar-refractivity contribution in [3.05, 3.63) is 122 Å². The van der Waals surface area contributed by atoms with Gasteiger partial charge in [-0.2, -0.15) is 0 Å². The number of fused-ring (bicyclic) bond motifs is 3. The van der Waals surface area contributed by atoms with E-state index in [-0.39, 0.29) is 23.0 Å². The van der Waals surface area contributed by atoms with Gasteiger partial charge in [0.25, 0.3) is 0 Å². The Balaban J connectivity index is 0.797. The first kappa shape index (κ1) is 47.1. The molecule has 6 aromatic rings. The standard InChI is InChI=1S/C51H62O12/c52-49-25-19-39-16-22-42(34-46(39)61-49)57-30-12-6-1-4-10-28-55-37-45(60-33-15-9-3-8-14-32-59-44-24-18-41-21-27-51(54)63-48(41)36-44)38-56-29-11-5-2-7-13-31-58-43-23-17-40-20-26-50(53)62-47(40)35-43/h16-27,34-36,45H,1-15,28-33,37-38H2. The number of benzene rings is 3. The third-order valence-electron chi connectivity index (χ3n) is 10.7. The second-order valence-electron chi connectivity index (χ2n) is 15.9. The zero-order chi connectivity index (χ0) is 43.7. The van der Waals surface area contributed by atoms with Crippen molar-refractivity contribution in [3.63, 3.8) is 0 Å². The number of hydrogen-bond acceptors (Lipinski definition) is 12. The summed E-state index contributed by atoms with van der Waals surface area (Å²) in [6.07, 6.45) is 15.5. The van der Waals surface area contributed by atoms with E-state index in [0.717, 1.165) is 112 Å². The van der Waals surface area contributed by atoms with Gasteiger partial charge in [0.05, 0.1) is 33.0 Å². The Labute approximate surface area is 368 Å². The summed E-state index contributed by atoms with van der Waals surface area (Å²) in [5.41, 5.74) is 0.515. The predicted octanol–water partition coefficient (Wildman–Crippen LogP) is 10.8. The lowest BCUT2D eigenvalue weighted by Crippen LogP contribution is -2.27. The number of ether oxygens (including phenoxy) is 6. The minimum Gasteiger partial charge on any atom is -0.493 e. The van der Waals surface area contributed by atoms with Gasteiger partial charge in [0.2, 0.25) is 0 Å². The smallest absolute Gasteiger partial charge is 0.336 e. The quantitative estimate of drug-likeness (QED) is 0.0294. The largest absolute Gasteiger partial charge is 0.493 e. The van der Waals surface area contributed by atoms with Gasteiger partial charge in [-0.25, -0.2) is 14.4 Å². The summed E-state index contributed by atoms with van der Waals surface area (Å²) in [5, 5.41) is 2.62. The molecule has 6 rings (SSSR count). The van der Waals surface area contributed by atoms with Gasteiger partial charge >= 0.3 is 16.9 Å². The lowest BCUT2D eigenvalue weighted by Gasteiger charge is -2.18. The second-order valence-corrected chi connectivity index (χ2v) is 15.9. The van der Waals surface area contributed by atoms with E-state index in [4.69, 9.17) is 41.7 Å². The zero-order valence-electron chi connectivity index (χ0n) is 36.4. The highest BCUT2D eigenvalue weighted by molar-refractivity contribution is 5.79. The van der Waals surface area contributed by atoms with E-state index in [0.29, 0.717) is 86.9 Å². The third-order valence-corrected chi connectivity index (χ3v) is 10.7. The van der Waals surface area contributed by atoms with Crippen LogP contribution in [0.1, 0.15) is 96.3 Å². The maximum Gasteiger partial charge on any atom is 0.336 e. The van der Waals surface area contributed by atoms with Crippen molar-refractivity contribution < 1.29 is 41.7 Å². The fraction of sp³-hybridized carbons (Fsp3) is 0.471. The van der Waals surface area contributed by atoms with Crippen molar-refractivity contribution in [2.75, 3.05) is 52.9 Å². The van der Waals surface area contributed by atoms with Gasteiger partial charge in [0.1, 0.15) is 40.1 Å². The fourth-order valence-corrected chi connectivity index (χ4v) is 7.19. The molecular weight excluding hydrogens is 805 g/mol. The molecule has 0 N–H and O–H groups in total. The summed E-state index contributed by atoms with van der Waals surface area (Å²) in [7, 11) is 0. The maximum absolute atomic E-state index is 11.5. The molecule has 0 aliphatic heterocycles. The highest BCUT2D eigenvalue weighted by Gasteiger charge is 2.11. The van der Waals surface area contributed by atoms with Crippen LogP contribution in [0.3, 0.4) is 0 Å². The number of rotatable bonds is 32. The highest BCUT2D eigenvalue weighted by atomic mass is 16.6. The topological polar surface area (TPSA) is 146 Å². The Bertz CT molecular complexity index is 2300. The van der Waals surface area contributed by atoms with Crippen molar-refractivity contribution >= 4 is 32.9 Å². The van der Waals surface area contributed by atoms with Gasteiger partial charge in [-0.15, -0.1) is 0 Å². The Morgan fingerprint density at radius 1 is 0.349 bits per heavy atom. The average molecular weight is 867 g/mol. The predicted molar refractivity (Wildman–Crippen MR) is 245 cm³/mol. The molecule has 0 atom stereocenters. The van der Waals surface area contributed by atoms with E-state index >= 15 is 0 Å². The molecule has 0 saturated heterocycles. The highest BCUT2D eigenvalue weighted by Crippen LogP contribution is 2.22. The van der Waals surface area contributed by atoms with Crippen molar-refractivity contribution in [2.45, 2.75) is 102 Å². The van der Waals surface area contributed by atoms with E-state index in [1.807, 2.05) is 36.4 Å². The number of unbranched alkanes of at least 4 members (excludes halogenated alkanes) is 12. The first-order valence-electron chi connectivity index (χ1n) is 22.8. The average Bonchev–Trinajstić information content (AvgIpc) is 3.28. The number of hydrogen-bond donors (Lipinski definition) is 0. The summed E-state index contributed by atoms with van der Waals surface area (Å²) in [6.45, 7) is 4.92.